The topological polar surface area (TPSA) is 80.6 Å². The first-order valence-corrected chi connectivity index (χ1v) is 13.3. The summed E-state index contributed by atoms with van der Waals surface area (Å²) in [7, 11) is 0. The first kappa shape index (κ1) is 26.4. The minimum atomic E-state index is -4.86. The summed E-state index contributed by atoms with van der Waals surface area (Å²) >= 11 is 6.13. The highest BCUT2D eigenvalue weighted by Crippen LogP contribution is 2.41. The van der Waals surface area contributed by atoms with E-state index in [1.165, 1.54) is 12.1 Å². The zero-order valence-electron chi connectivity index (χ0n) is 21.5. The number of ether oxygens (including phenoxy) is 1. The highest BCUT2D eigenvalue weighted by molar-refractivity contribution is 6.30. The normalized spacial score (nSPS) is 20.4. The maximum atomic E-state index is 13.6. The number of aromatic nitrogens is 3. The van der Waals surface area contributed by atoms with E-state index in [4.69, 9.17) is 11.6 Å². The molecule has 40 heavy (non-hydrogen) atoms. The van der Waals surface area contributed by atoms with Gasteiger partial charge in [0.15, 0.2) is 0 Å². The van der Waals surface area contributed by atoms with Crippen LogP contribution in [0.5, 0.6) is 5.75 Å². The van der Waals surface area contributed by atoms with Gasteiger partial charge in [-0.1, -0.05) is 29.8 Å². The molecule has 0 bridgehead atoms. The lowest BCUT2D eigenvalue weighted by atomic mass is 9.92. The van der Waals surface area contributed by atoms with Crippen LogP contribution in [0.4, 0.5) is 13.2 Å². The van der Waals surface area contributed by atoms with Crippen LogP contribution in [0.2, 0.25) is 5.02 Å². The molecular formula is C28H25ClF3N5O3. The van der Waals surface area contributed by atoms with Crippen LogP contribution < -0.4 is 4.74 Å². The molecule has 2 atom stereocenters. The molecule has 1 unspecified atom stereocenters. The van der Waals surface area contributed by atoms with Gasteiger partial charge in [0.05, 0.1) is 5.69 Å². The van der Waals surface area contributed by atoms with Crippen LogP contribution >= 0.6 is 11.6 Å². The van der Waals surface area contributed by atoms with Gasteiger partial charge in [-0.15, -0.1) is 23.4 Å². The molecule has 0 N–H and O–H groups in total. The van der Waals surface area contributed by atoms with Crippen molar-refractivity contribution in [2.45, 2.75) is 44.5 Å². The van der Waals surface area contributed by atoms with Crippen LogP contribution in [0.15, 0.2) is 48.5 Å². The van der Waals surface area contributed by atoms with Crippen molar-refractivity contribution >= 4 is 29.0 Å². The maximum Gasteiger partial charge on any atom is 0.573 e. The summed E-state index contributed by atoms with van der Waals surface area (Å²) in [5.74, 6) is 0.192. The number of halogens is 4. The van der Waals surface area contributed by atoms with Crippen molar-refractivity contribution in [3.05, 3.63) is 76.3 Å². The Kier molecular flexibility index (Phi) is 6.56. The van der Waals surface area contributed by atoms with E-state index in [0.29, 0.717) is 65.1 Å². The molecule has 0 saturated carbocycles. The number of alkyl halides is 3. The number of nitrogens with zero attached hydrogens (tertiary/aromatic N) is 5. The summed E-state index contributed by atoms with van der Waals surface area (Å²) in [5, 5.41) is 9.14. The van der Waals surface area contributed by atoms with Gasteiger partial charge in [-0.25, -0.2) is 0 Å². The Morgan fingerprint density at radius 2 is 1.90 bits per heavy atom. The number of carbonyl (C=O) groups excluding carboxylic acids is 2. The molecule has 0 aliphatic carbocycles. The zero-order valence-corrected chi connectivity index (χ0v) is 22.2. The molecule has 0 radical (unpaired) electrons. The molecule has 3 aromatic rings. The lowest BCUT2D eigenvalue weighted by Crippen LogP contribution is -2.53. The Labute approximate surface area is 233 Å². The number of fused-ring (bicyclic) bond motifs is 4. The second-order valence-corrected chi connectivity index (χ2v) is 10.6. The summed E-state index contributed by atoms with van der Waals surface area (Å²) in [6.07, 6.45) is -1.68. The van der Waals surface area contributed by atoms with E-state index in [1.807, 2.05) is 11.0 Å². The number of carbonyl (C=O) groups is 2. The SMILES string of the molecule is Cc1nnc2n1-c1ccc(OC(F)(F)F)cc1C(c1ccc(Cl)cc1)=C[C@@H]2CC(=O)N1CCN2C(=O)CCC2C1. The molecule has 2 saturated heterocycles. The van der Waals surface area contributed by atoms with Crippen LogP contribution in [0, 0.1) is 6.92 Å². The van der Waals surface area contributed by atoms with Gasteiger partial charge in [0, 0.05) is 55.0 Å². The van der Waals surface area contributed by atoms with Crippen LogP contribution in [-0.4, -0.2) is 68.4 Å². The van der Waals surface area contributed by atoms with Crippen molar-refractivity contribution in [2.75, 3.05) is 19.6 Å². The Bertz CT molecular complexity index is 1520. The molecule has 6 rings (SSSR count). The number of aryl methyl sites for hydroxylation is 1. The first-order valence-electron chi connectivity index (χ1n) is 12.9. The molecule has 208 valence electrons. The number of hydrogen-bond acceptors (Lipinski definition) is 5. The molecule has 3 aliphatic heterocycles. The second kappa shape index (κ2) is 9.96. The summed E-state index contributed by atoms with van der Waals surface area (Å²) in [5.41, 5.74) is 2.37. The Hall–Kier alpha value is -3.86. The Morgan fingerprint density at radius 3 is 2.65 bits per heavy atom. The van der Waals surface area contributed by atoms with Crippen molar-refractivity contribution in [3.8, 4) is 11.4 Å². The fourth-order valence-electron chi connectivity index (χ4n) is 5.84. The van der Waals surface area contributed by atoms with Gasteiger partial charge < -0.3 is 14.5 Å². The number of benzene rings is 2. The molecule has 8 nitrogen and oxygen atoms in total. The van der Waals surface area contributed by atoms with E-state index >= 15 is 0 Å². The minimum absolute atomic E-state index is 0.0294. The molecule has 3 aliphatic rings. The van der Waals surface area contributed by atoms with Crippen LogP contribution in [-0.2, 0) is 9.59 Å². The van der Waals surface area contributed by atoms with E-state index in [1.54, 1.807) is 46.7 Å². The lowest BCUT2D eigenvalue weighted by molar-refractivity contribution is -0.274. The van der Waals surface area contributed by atoms with Crippen molar-refractivity contribution in [1.29, 1.82) is 0 Å². The van der Waals surface area contributed by atoms with Gasteiger partial charge in [0.25, 0.3) is 0 Å². The fourth-order valence-corrected chi connectivity index (χ4v) is 5.97. The Balaban J connectivity index is 1.41. The predicted molar refractivity (Wildman–Crippen MR) is 140 cm³/mol. The third kappa shape index (κ3) is 4.94. The summed E-state index contributed by atoms with van der Waals surface area (Å²) in [6.45, 7) is 3.19. The van der Waals surface area contributed by atoms with Crippen LogP contribution in [0.3, 0.4) is 0 Å². The smallest absolute Gasteiger partial charge is 0.406 e. The number of piperazine rings is 1. The predicted octanol–water partition coefficient (Wildman–Crippen LogP) is 4.88. The van der Waals surface area contributed by atoms with Crippen molar-refractivity contribution in [3.63, 3.8) is 0 Å². The monoisotopic (exact) mass is 571 g/mol. The first-order chi connectivity index (χ1) is 19.1. The van der Waals surface area contributed by atoms with E-state index in [2.05, 4.69) is 14.9 Å². The molecule has 12 heteroatoms. The number of rotatable bonds is 4. The van der Waals surface area contributed by atoms with E-state index < -0.39 is 12.3 Å². The standard InChI is InChI=1S/C28H25ClF3N5O3/c1-16-33-34-27-18(13-26(39)35-10-11-36-20(15-35)6-9-25(36)38)12-22(17-2-4-19(29)5-3-17)23-14-21(40-28(30,31)32)7-8-24(23)37(16)27/h2-5,7-8,12,14,18,20H,6,9-11,13,15H2,1H3/t18-,20?/m1/s1. The number of hydrogen-bond donors (Lipinski definition) is 0. The quantitative estimate of drug-likeness (QED) is 0.446. The lowest BCUT2D eigenvalue weighted by Gasteiger charge is -2.38. The average molecular weight is 572 g/mol. The minimum Gasteiger partial charge on any atom is -0.406 e. The molecular weight excluding hydrogens is 547 g/mol. The van der Waals surface area contributed by atoms with E-state index in [-0.39, 0.29) is 30.0 Å². The highest BCUT2D eigenvalue weighted by Gasteiger charge is 2.38. The van der Waals surface area contributed by atoms with E-state index in [9.17, 15) is 22.8 Å². The summed E-state index contributed by atoms with van der Waals surface area (Å²) in [6, 6.07) is 11.1. The largest absolute Gasteiger partial charge is 0.573 e. The molecule has 2 amide bonds. The molecule has 1 aromatic heterocycles. The number of amides is 2. The summed E-state index contributed by atoms with van der Waals surface area (Å²) < 4.78 is 45.4. The molecule has 4 heterocycles. The fraction of sp³-hybridized carbons (Fsp3) is 0.357. The highest BCUT2D eigenvalue weighted by atomic mass is 35.5. The second-order valence-electron chi connectivity index (χ2n) is 10.2. The summed E-state index contributed by atoms with van der Waals surface area (Å²) in [4.78, 5) is 29.3. The van der Waals surface area contributed by atoms with Gasteiger partial charge in [0.1, 0.15) is 17.4 Å². The maximum absolute atomic E-state index is 13.6. The number of allylic oxidation sites excluding steroid dienone is 1. The average Bonchev–Trinajstić information content (AvgIpc) is 3.44. The van der Waals surface area contributed by atoms with Crippen molar-refractivity contribution < 1.29 is 27.5 Å². The molecule has 0 spiro atoms. The van der Waals surface area contributed by atoms with Gasteiger partial charge in [-0.3, -0.25) is 14.2 Å². The van der Waals surface area contributed by atoms with E-state index in [0.717, 1.165) is 6.42 Å². The Morgan fingerprint density at radius 1 is 1.12 bits per heavy atom. The van der Waals surface area contributed by atoms with Gasteiger partial charge >= 0.3 is 6.36 Å². The molecule has 2 aromatic carbocycles. The third-order valence-electron chi connectivity index (χ3n) is 7.68. The van der Waals surface area contributed by atoms with Gasteiger partial charge in [-0.05, 0) is 54.8 Å². The van der Waals surface area contributed by atoms with Crippen LogP contribution in [0.25, 0.3) is 11.3 Å². The third-order valence-corrected chi connectivity index (χ3v) is 7.93. The van der Waals surface area contributed by atoms with Gasteiger partial charge in [0.2, 0.25) is 11.8 Å². The van der Waals surface area contributed by atoms with Crippen molar-refractivity contribution in [2.24, 2.45) is 0 Å². The van der Waals surface area contributed by atoms with Gasteiger partial charge in [-0.2, -0.15) is 0 Å². The van der Waals surface area contributed by atoms with Crippen LogP contribution in [0.1, 0.15) is 48.0 Å². The molecule has 2 fully saturated rings. The van der Waals surface area contributed by atoms with Crippen molar-refractivity contribution in [1.82, 2.24) is 24.6 Å². The zero-order chi connectivity index (χ0) is 28.2.